The highest BCUT2D eigenvalue weighted by Gasteiger charge is 2.37. The third-order valence-corrected chi connectivity index (χ3v) is 3.97. The predicted octanol–water partition coefficient (Wildman–Crippen LogP) is 4.89. The van der Waals surface area contributed by atoms with Gasteiger partial charge in [-0.05, 0) is 23.0 Å². The van der Waals surface area contributed by atoms with Crippen molar-refractivity contribution in [3.8, 4) is 0 Å². The van der Waals surface area contributed by atoms with Crippen molar-refractivity contribution in [1.29, 1.82) is 0 Å². The molecule has 0 amide bonds. The molecule has 4 heteroatoms. The average Bonchev–Trinajstić information content (AvgIpc) is 2.89. The minimum absolute atomic E-state index is 0.494. The molecule has 1 heterocycles. The lowest BCUT2D eigenvalue weighted by molar-refractivity contribution is -0.170. The van der Waals surface area contributed by atoms with E-state index in [4.69, 9.17) is 9.47 Å². The fraction of sp³-hybridized carbons (Fsp3) is 0.571. The first-order valence-corrected chi connectivity index (χ1v) is 8.69. The second kappa shape index (κ2) is 8.51. The van der Waals surface area contributed by atoms with Gasteiger partial charge < -0.3 is 9.47 Å². The first-order chi connectivity index (χ1) is 8.77. The van der Waals surface area contributed by atoms with Crippen LogP contribution in [0.3, 0.4) is 0 Å². The number of benzene rings is 1. The molecule has 1 aromatic carbocycles. The summed E-state index contributed by atoms with van der Waals surface area (Å²) >= 11 is 5.83. The Kier molecular flexibility index (Phi) is 7.75. The van der Waals surface area contributed by atoms with Crippen LogP contribution in [0.2, 0.25) is 0 Å². The first kappa shape index (κ1) is 16.4. The Bertz CT molecular complexity index is 334. The molecule has 2 rings (SSSR count). The van der Waals surface area contributed by atoms with Crippen LogP contribution < -0.4 is 0 Å². The molecular weight excluding hydrogens is 407 g/mol. The second-order valence-electron chi connectivity index (χ2n) is 3.75. The molecule has 0 saturated carbocycles. The molecule has 1 aliphatic rings. The smallest absolute Gasteiger partial charge is 0.195 e. The van der Waals surface area contributed by atoms with E-state index in [1.807, 2.05) is 26.0 Å². The summed E-state index contributed by atoms with van der Waals surface area (Å²) in [6, 6.07) is 8.21. The highest BCUT2D eigenvalue weighted by molar-refractivity contribution is 14.1. The van der Waals surface area contributed by atoms with Crippen LogP contribution in [0.4, 0.5) is 0 Å². The molecule has 0 N–H and O–H groups in total. The lowest BCUT2D eigenvalue weighted by atomic mass is 10.0. The van der Waals surface area contributed by atoms with E-state index < -0.39 is 5.79 Å². The number of ether oxygens (including phenoxy) is 2. The van der Waals surface area contributed by atoms with Crippen LogP contribution in [0.25, 0.3) is 0 Å². The highest BCUT2D eigenvalue weighted by Crippen LogP contribution is 2.36. The van der Waals surface area contributed by atoms with Crippen LogP contribution in [0.1, 0.15) is 32.3 Å². The van der Waals surface area contributed by atoms with Gasteiger partial charge in [0.25, 0.3) is 0 Å². The average molecular weight is 427 g/mol. The maximum absolute atomic E-state index is 5.83. The summed E-state index contributed by atoms with van der Waals surface area (Å²) in [5.74, 6) is -0.494. The quantitative estimate of drug-likeness (QED) is 0.504. The summed E-state index contributed by atoms with van der Waals surface area (Å²) in [6.07, 6.45) is 2.04. The van der Waals surface area contributed by atoms with Crippen molar-refractivity contribution in [1.82, 2.24) is 0 Å². The molecule has 2 nitrogen and oxygen atoms in total. The number of hydrogen-bond acceptors (Lipinski definition) is 2. The summed E-state index contributed by atoms with van der Waals surface area (Å²) in [4.78, 5) is 0. The normalized spacial score (nSPS) is 17.1. The van der Waals surface area contributed by atoms with Crippen LogP contribution in [0.15, 0.2) is 28.7 Å². The maximum atomic E-state index is 5.83. The zero-order valence-electron chi connectivity index (χ0n) is 10.9. The standard InChI is InChI=1S/C12H14BrIO2.C2H6/c13-11-4-2-10(3-5-11)12(6-1-7-14)15-8-9-16-12;1-2/h2-5H,1,6-9H2;1-2H3. The van der Waals surface area contributed by atoms with Gasteiger partial charge in [0.15, 0.2) is 5.79 Å². The topological polar surface area (TPSA) is 18.5 Å². The molecule has 1 fully saturated rings. The van der Waals surface area contributed by atoms with Crippen molar-refractivity contribution in [2.75, 3.05) is 17.6 Å². The van der Waals surface area contributed by atoms with Crippen LogP contribution in [0.5, 0.6) is 0 Å². The van der Waals surface area contributed by atoms with Gasteiger partial charge >= 0.3 is 0 Å². The van der Waals surface area contributed by atoms with Gasteiger partial charge in [-0.15, -0.1) is 0 Å². The Balaban J connectivity index is 0.000000771. The molecule has 0 atom stereocenters. The lowest BCUT2D eigenvalue weighted by Gasteiger charge is -2.27. The van der Waals surface area contributed by atoms with Gasteiger partial charge in [-0.2, -0.15) is 0 Å². The molecular formula is C14H20BrIO2. The fourth-order valence-electron chi connectivity index (χ4n) is 1.91. The van der Waals surface area contributed by atoms with Gasteiger partial charge in [0.05, 0.1) is 13.2 Å². The summed E-state index contributed by atoms with van der Waals surface area (Å²) in [5, 5.41) is 0. The van der Waals surface area contributed by atoms with E-state index in [1.165, 1.54) is 0 Å². The maximum Gasteiger partial charge on any atom is 0.195 e. The minimum Gasteiger partial charge on any atom is -0.343 e. The van der Waals surface area contributed by atoms with E-state index in [2.05, 4.69) is 50.7 Å². The van der Waals surface area contributed by atoms with E-state index in [0.29, 0.717) is 13.2 Å². The lowest BCUT2D eigenvalue weighted by Crippen LogP contribution is -2.27. The molecule has 0 unspecified atom stereocenters. The summed E-state index contributed by atoms with van der Waals surface area (Å²) in [5.41, 5.74) is 1.12. The van der Waals surface area contributed by atoms with Crippen molar-refractivity contribution in [2.24, 2.45) is 0 Å². The molecule has 0 bridgehead atoms. The summed E-state index contributed by atoms with van der Waals surface area (Å²) in [6.45, 7) is 5.38. The molecule has 0 radical (unpaired) electrons. The van der Waals surface area contributed by atoms with Crippen LogP contribution in [0, 0.1) is 0 Å². The van der Waals surface area contributed by atoms with E-state index in [1.54, 1.807) is 0 Å². The van der Waals surface area contributed by atoms with Crippen molar-refractivity contribution in [3.63, 3.8) is 0 Å². The van der Waals surface area contributed by atoms with Crippen molar-refractivity contribution in [3.05, 3.63) is 34.3 Å². The van der Waals surface area contributed by atoms with Crippen LogP contribution in [-0.2, 0) is 15.3 Å². The third kappa shape index (κ3) is 4.18. The van der Waals surface area contributed by atoms with Crippen molar-refractivity contribution in [2.45, 2.75) is 32.5 Å². The predicted molar refractivity (Wildman–Crippen MR) is 87.2 cm³/mol. The monoisotopic (exact) mass is 426 g/mol. The molecule has 1 aromatic rings. The van der Waals surface area contributed by atoms with E-state index in [0.717, 1.165) is 27.3 Å². The molecule has 1 aliphatic heterocycles. The van der Waals surface area contributed by atoms with E-state index >= 15 is 0 Å². The fourth-order valence-corrected chi connectivity index (χ4v) is 2.56. The van der Waals surface area contributed by atoms with Gasteiger partial charge in [0.1, 0.15) is 0 Å². The Labute approximate surface area is 132 Å². The first-order valence-electron chi connectivity index (χ1n) is 6.37. The SMILES string of the molecule is Brc1ccc(C2(CCCI)OCCO2)cc1.CC. The minimum atomic E-state index is -0.494. The van der Waals surface area contributed by atoms with Gasteiger partial charge in [0.2, 0.25) is 0 Å². The Morgan fingerprint density at radius 1 is 1.17 bits per heavy atom. The zero-order chi connectivity index (χ0) is 13.4. The second-order valence-corrected chi connectivity index (χ2v) is 5.74. The molecule has 0 spiro atoms. The number of hydrogen-bond donors (Lipinski definition) is 0. The van der Waals surface area contributed by atoms with Gasteiger partial charge in [-0.25, -0.2) is 0 Å². The van der Waals surface area contributed by atoms with Crippen molar-refractivity contribution < 1.29 is 9.47 Å². The largest absolute Gasteiger partial charge is 0.343 e. The van der Waals surface area contributed by atoms with Gasteiger partial charge in [-0.1, -0.05) is 64.5 Å². The number of halogens is 2. The Hall–Kier alpha value is 0.350. The number of rotatable bonds is 4. The third-order valence-electron chi connectivity index (χ3n) is 2.68. The van der Waals surface area contributed by atoms with Crippen LogP contribution >= 0.6 is 38.5 Å². The molecule has 0 aromatic heterocycles. The molecule has 102 valence electrons. The van der Waals surface area contributed by atoms with Crippen molar-refractivity contribution >= 4 is 38.5 Å². The van der Waals surface area contributed by atoms with Crippen LogP contribution in [-0.4, -0.2) is 17.6 Å². The van der Waals surface area contributed by atoms with E-state index in [9.17, 15) is 0 Å². The Morgan fingerprint density at radius 3 is 2.22 bits per heavy atom. The zero-order valence-corrected chi connectivity index (χ0v) is 14.7. The van der Waals surface area contributed by atoms with Gasteiger partial charge in [-0.3, -0.25) is 0 Å². The number of alkyl halides is 1. The molecule has 0 aliphatic carbocycles. The van der Waals surface area contributed by atoms with Gasteiger partial charge in [0, 0.05) is 16.5 Å². The summed E-state index contributed by atoms with van der Waals surface area (Å²) < 4.78 is 13.9. The Morgan fingerprint density at radius 2 is 1.72 bits per heavy atom. The summed E-state index contributed by atoms with van der Waals surface area (Å²) in [7, 11) is 0. The molecule has 1 saturated heterocycles. The highest BCUT2D eigenvalue weighted by atomic mass is 127. The van der Waals surface area contributed by atoms with E-state index in [-0.39, 0.29) is 0 Å². The molecule has 18 heavy (non-hydrogen) atoms.